The molecule has 2 rings (SSSR count). The van der Waals surface area contributed by atoms with Crippen molar-refractivity contribution in [2.75, 3.05) is 11.4 Å². The molecule has 3 heteroatoms. The lowest BCUT2D eigenvalue weighted by atomic mass is 10.0. The molecular weight excluding hydrogens is 266 g/mol. The van der Waals surface area contributed by atoms with Crippen LogP contribution in [0.5, 0.6) is 0 Å². The van der Waals surface area contributed by atoms with E-state index in [-0.39, 0.29) is 5.54 Å². The van der Waals surface area contributed by atoms with Crippen LogP contribution in [0.25, 0.3) is 0 Å². The first kappa shape index (κ1) is 11.6. The molecule has 1 heterocycles. The van der Waals surface area contributed by atoms with Crippen molar-refractivity contribution < 1.29 is 4.79 Å². The maximum Gasteiger partial charge on any atom is 0.151 e. The van der Waals surface area contributed by atoms with E-state index in [0.29, 0.717) is 5.56 Å². The monoisotopic (exact) mass is 281 g/mol. The van der Waals surface area contributed by atoms with Crippen molar-refractivity contribution in [1.82, 2.24) is 0 Å². The summed E-state index contributed by atoms with van der Waals surface area (Å²) in [5.74, 6) is 0. The number of nitrogens with zero attached hydrogens (tertiary/aromatic N) is 1. The minimum atomic E-state index is 0.224. The quantitative estimate of drug-likeness (QED) is 0.772. The Morgan fingerprint density at radius 1 is 1.44 bits per heavy atom. The van der Waals surface area contributed by atoms with Gasteiger partial charge in [0.25, 0.3) is 0 Å². The number of rotatable bonds is 2. The van der Waals surface area contributed by atoms with E-state index in [9.17, 15) is 4.79 Å². The van der Waals surface area contributed by atoms with Crippen molar-refractivity contribution in [2.45, 2.75) is 32.2 Å². The van der Waals surface area contributed by atoms with Crippen molar-refractivity contribution in [3.05, 3.63) is 28.2 Å². The minimum Gasteiger partial charge on any atom is -0.366 e. The number of carbonyl (C=O) groups excluding carboxylic acids is 1. The molecule has 86 valence electrons. The average Bonchev–Trinajstić information content (AvgIpc) is 2.58. The van der Waals surface area contributed by atoms with Crippen molar-refractivity contribution in [3.63, 3.8) is 0 Å². The summed E-state index contributed by atoms with van der Waals surface area (Å²) < 4.78 is 0.878. The van der Waals surface area contributed by atoms with E-state index in [2.05, 4.69) is 34.7 Å². The predicted octanol–water partition coefficient (Wildman–Crippen LogP) is 3.64. The van der Waals surface area contributed by atoms with Gasteiger partial charge in [0.2, 0.25) is 0 Å². The molecule has 0 radical (unpaired) electrons. The molecule has 1 aromatic carbocycles. The molecule has 0 spiro atoms. The molecule has 1 fully saturated rings. The van der Waals surface area contributed by atoms with Gasteiger partial charge < -0.3 is 4.90 Å². The van der Waals surface area contributed by atoms with Crippen LogP contribution in [0, 0.1) is 0 Å². The molecule has 0 aromatic heterocycles. The summed E-state index contributed by atoms with van der Waals surface area (Å²) in [6.45, 7) is 5.63. The van der Waals surface area contributed by atoms with Gasteiger partial charge in [-0.3, -0.25) is 4.79 Å². The van der Waals surface area contributed by atoms with Crippen LogP contribution in [0.15, 0.2) is 22.7 Å². The minimum absolute atomic E-state index is 0.224. The molecule has 0 amide bonds. The highest BCUT2D eigenvalue weighted by atomic mass is 79.9. The van der Waals surface area contributed by atoms with E-state index in [0.717, 1.165) is 17.3 Å². The van der Waals surface area contributed by atoms with Gasteiger partial charge in [-0.15, -0.1) is 0 Å². The Balaban J connectivity index is 2.34. The highest BCUT2D eigenvalue weighted by Gasteiger charge is 2.31. The van der Waals surface area contributed by atoms with Gasteiger partial charge in [0.15, 0.2) is 6.29 Å². The Labute approximate surface area is 105 Å². The molecule has 1 aliphatic heterocycles. The second-order valence-electron chi connectivity index (χ2n) is 4.89. The number of aldehydes is 1. The zero-order chi connectivity index (χ0) is 11.8. The van der Waals surface area contributed by atoms with Gasteiger partial charge in [0, 0.05) is 27.8 Å². The summed E-state index contributed by atoms with van der Waals surface area (Å²) in [5.41, 5.74) is 2.13. The Kier molecular flexibility index (Phi) is 3.06. The van der Waals surface area contributed by atoms with Crippen LogP contribution in [0.4, 0.5) is 5.69 Å². The third-order valence-electron chi connectivity index (χ3n) is 3.32. The zero-order valence-electron chi connectivity index (χ0n) is 9.66. The van der Waals surface area contributed by atoms with Crippen LogP contribution in [-0.2, 0) is 0 Å². The van der Waals surface area contributed by atoms with Crippen molar-refractivity contribution >= 4 is 27.9 Å². The molecule has 1 saturated heterocycles. The highest BCUT2D eigenvalue weighted by Crippen LogP contribution is 2.35. The van der Waals surface area contributed by atoms with Crippen LogP contribution in [0.1, 0.15) is 37.0 Å². The molecular formula is C13H16BrNO. The molecule has 0 N–H and O–H groups in total. The van der Waals surface area contributed by atoms with Crippen molar-refractivity contribution in [3.8, 4) is 0 Å². The molecule has 1 aromatic rings. The SMILES string of the molecule is CC1(C)CCCN1c1ccc(C=O)c(Br)c1. The van der Waals surface area contributed by atoms with Crippen LogP contribution in [0.2, 0.25) is 0 Å². The number of hydrogen-bond donors (Lipinski definition) is 0. The fraction of sp³-hybridized carbons (Fsp3) is 0.462. The first-order valence-corrected chi connectivity index (χ1v) is 6.36. The van der Waals surface area contributed by atoms with Crippen LogP contribution in [-0.4, -0.2) is 18.4 Å². The first-order chi connectivity index (χ1) is 7.54. The van der Waals surface area contributed by atoms with E-state index >= 15 is 0 Å². The largest absolute Gasteiger partial charge is 0.366 e. The van der Waals surface area contributed by atoms with Crippen molar-refractivity contribution in [2.24, 2.45) is 0 Å². The number of benzene rings is 1. The smallest absolute Gasteiger partial charge is 0.151 e. The standard InChI is InChI=1S/C13H16BrNO/c1-13(2)6-3-7-15(13)11-5-4-10(9-16)12(14)8-11/h4-5,8-9H,3,6-7H2,1-2H3. The zero-order valence-corrected chi connectivity index (χ0v) is 11.3. The van der Waals surface area contributed by atoms with E-state index in [4.69, 9.17) is 0 Å². The topological polar surface area (TPSA) is 20.3 Å². The lowest BCUT2D eigenvalue weighted by Gasteiger charge is -2.34. The number of halogens is 1. The maximum absolute atomic E-state index is 10.7. The summed E-state index contributed by atoms with van der Waals surface area (Å²) in [6.07, 6.45) is 3.34. The summed E-state index contributed by atoms with van der Waals surface area (Å²) in [5, 5.41) is 0. The molecule has 2 nitrogen and oxygen atoms in total. The predicted molar refractivity (Wildman–Crippen MR) is 70.2 cm³/mol. The first-order valence-electron chi connectivity index (χ1n) is 5.57. The Hall–Kier alpha value is -0.830. The van der Waals surface area contributed by atoms with E-state index in [1.54, 1.807) is 0 Å². The van der Waals surface area contributed by atoms with Crippen LogP contribution in [0.3, 0.4) is 0 Å². The lowest BCUT2D eigenvalue weighted by Crippen LogP contribution is -2.38. The normalized spacial score (nSPS) is 18.8. The van der Waals surface area contributed by atoms with Crippen molar-refractivity contribution in [1.29, 1.82) is 0 Å². The van der Waals surface area contributed by atoms with Gasteiger partial charge >= 0.3 is 0 Å². The second-order valence-corrected chi connectivity index (χ2v) is 5.75. The molecule has 0 bridgehead atoms. The molecule has 1 aliphatic rings. The van der Waals surface area contributed by atoms with E-state index < -0.39 is 0 Å². The molecule has 0 unspecified atom stereocenters. The molecule has 16 heavy (non-hydrogen) atoms. The second kappa shape index (κ2) is 4.21. The Morgan fingerprint density at radius 2 is 2.19 bits per heavy atom. The van der Waals surface area contributed by atoms with Gasteiger partial charge in [-0.25, -0.2) is 0 Å². The highest BCUT2D eigenvalue weighted by molar-refractivity contribution is 9.10. The summed E-state index contributed by atoms with van der Waals surface area (Å²) in [4.78, 5) is 13.2. The number of carbonyl (C=O) groups is 1. The third kappa shape index (κ3) is 2.01. The summed E-state index contributed by atoms with van der Waals surface area (Å²) in [7, 11) is 0. The Bertz CT molecular complexity index is 414. The van der Waals surface area contributed by atoms with Gasteiger partial charge in [-0.1, -0.05) is 0 Å². The van der Waals surface area contributed by atoms with Gasteiger partial charge in [0.1, 0.15) is 0 Å². The summed E-state index contributed by atoms with van der Waals surface area (Å²) in [6, 6.07) is 5.94. The van der Waals surface area contributed by atoms with Crippen LogP contribution >= 0.6 is 15.9 Å². The third-order valence-corrected chi connectivity index (χ3v) is 4.01. The van der Waals surface area contributed by atoms with Gasteiger partial charge in [-0.05, 0) is 60.8 Å². The number of hydrogen-bond acceptors (Lipinski definition) is 2. The molecule has 0 aliphatic carbocycles. The van der Waals surface area contributed by atoms with Gasteiger partial charge in [-0.2, -0.15) is 0 Å². The molecule has 0 atom stereocenters. The average molecular weight is 282 g/mol. The fourth-order valence-corrected chi connectivity index (χ4v) is 2.83. The maximum atomic E-state index is 10.7. The number of anilines is 1. The lowest BCUT2D eigenvalue weighted by molar-refractivity contribution is 0.112. The van der Waals surface area contributed by atoms with Gasteiger partial charge in [0.05, 0.1) is 0 Å². The Morgan fingerprint density at radius 3 is 2.69 bits per heavy atom. The molecule has 0 saturated carbocycles. The van der Waals surface area contributed by atoms with Crippen LogP contribution < -0.4 is 4.90 Å². The van der Waals surface area contributed by atoms with E-state index in [1.807, 2.05) is 18.2 Å². The van der Waals surface area contributed by atoms with E-state index in [1.165, 1.54) is 18.5 Å². The summed E-state index contributed by atoms with van der Waals surface area (Å²) >= 11 is 3.43. The fourth-order valence-electron chi connectivity index (χ4n) is 2.37.